The third-order valence-corrected chi connectivity index (χ3v) is 2.83. The molecule has 0 bridgehead atoms. The molecule has 1 aliphatic heterocycles. The molecule has 0 atom stereocenters. The molecule has 1 N–H and O–H groups in total. The highest BCUT2D eigenvalue weighted by Crippen LogP contribution is 2.28. The maximum absolute atomic E-state index is 11.7. The van der Waals surface area contributed by atoms with E-state index in [9.17, 15) is 14.8 Å². The standard InChI is InChI=1S/C12H13NO3/c1-3-4-8-6-5-7(2)9-10(8)12(15)13(16)11(9)14/h5-6,16H,3-4H2,1-2H3. The monoisotopic (exact) mass is 219 g/mol. The summed E-state index contributed by atoms with van der Waals surface area (Å²) in [6.07, 6.45) is 1.62. The summed E-state index contributed by atoms with van der Waals surface area (Å²) in [6.45, 7) is 3.77. The predicted octanol–water partition coefficient (Wildman–Crippen LogP) is 1.93. The van der Waals surface area contributed by atoms with Crippen molar-refractivity contribution in [1.82, 2.24) is 5.06 Å². The number of hydrogen-bond donors (Lipinski definition) is 1. The molecule has 16 heavy (non-hydrogen) atoms. The Kier molecular flexibility index (Phi) is 2.52. The van der Waals surface area contributed by atoms with Gasteiger partial charge in [0, 0.05) is 0 Å². The van der Waals surface area contributed by atoms with Gasteiger partial charge in [-0.3, -0.25) is 14.8 Å². The maximum atomic E-state index is 11.7. The molecule has 0 spiro atoms. The van der Waals surface area contributed by atoms with Crippen molar-refractivity contribution < 1.29 is 14.8 Å². The first-order valence-corrected chi connectivity index (χ1v) is 5.28. The molecule has 0 fully saturated rings. The van der Waals surface area contributed by atoms with Crippen LogP contribution in [0.4, 0.5) is 0 Å². The van der Waals surface area contributed by atoms with E-state index in [0.29, 0.717) is 11.1 Å². The van der Waals surface area contributed by atoms with Crippen LogP contribution < -0.4 is 0 Å². The summed E-state index contributed by atoms with van der Waals surface area (Å²) in [5.41, 5.74) is 2.27. The second kappa shape index (κ2) is 3.72. The van der Waals surface area contributed by atoms with Crippen molar-refractivity contribution in [3.63, 3.8) is 0 Å². The van der Waals surface area contributed by atoms with E-state index in [2.05, 4.69) is 0 Å². The fraction of sp³-hybridized carbons (Fsp3) is 0.333. The topological polar surface area (TPSA) is 57.6 Å². The third-order valence-electron chi connectivity index (χ3n) is 2.83. The zero-order valence-corrected chi connectivity index (χ0v) is 9.28. The van der Waals surface area contributed by atoms with Gasteiger partial charge in [-0.05, 0) is 24.5 Å². The van der Waals surface area contributed by atoms with Crippen LogP contribution in [0.25, 0.3) is 0 Å². The predicted molar refractivity (Wildman–Crippen MR) is 57.5 cm³/mol. The van der Waals surface area contributed by atoms with Crippen molar-refractivity contribution in [1.29, 1.82) is 0 Å². The van der Waals surface area contributed by atoms with Crippen LogP contribution in [-0.4, -0.2) is 22.1 Å². The zero-order chi connectivity index (χ0) is 11.9. The van der Waals surface area contributed by atoms with Gasteiger partial charge in [-0.25, -0.2) is 0 Å². The van der Waals surface area contributed by atoms with Gasteiger partial charge in [0.2, 0.25) is 0 Å². The molecule has 84 valence electrons. The number of carbonyl (C=O) groups is 2. The number of hydroxylamine groups is 2. The summed E-state index contributed by atoms with van der Waals surface area (Å²) >= 11 is 0. The molecule has 2 rings (SSSR count). The molecule has 2 amide bonds. The van der Waals surface area contributed by atoms with Gasteiger partial charge in [0.1, 0.15) is 0 Å². The summed E-state index contributed by atoms with van der Waals surface area (Å²) in [4.78, 5) is 23.3. The zero-order valence-electron chi connectivity index (χ0n) is 9.28. The summed E-state index contributed by atoms with van der Waals surface area (Å²) < 4.78 is 0. The van der Waals surface area contributed by atoms with E-state index in [1.807, 2.05) is 19.1 Å². The van der Waals surface area contributed by atoms with E-state index in [4.69, 9.17) is 0 Å². The lowest BCUT2D eigenvalue weighted by Crippen LogP contribution is -2.25. The molecule has 4 nitrogen and oxygen atoms in total. The van der Waals surface area contributed by atoms with Gasteiger partial charge >= 0.3 is 0 Å². The largest absolute Gasteiger partial charge is 0.285 e. The van der Waals surface area contributed by atoms with Crippen molar-refractivity contribution in [2.75, 3.05) is 0 Å². The second-order valence-electron chi connectivity index (χ2n) is 3.96. The summed E-state index contributed by atoms with van der Waals surface area (Å²) in [5.74, 6) is -1.22. The lowest BCUT2D eigenvalue weighted by molar-refractivity contribution is -0.0327. The number of fused-ring (bicyclic) bond motifs is 1. The fourth-order valence-corrected chi connectivity index (χ4v) is 2.05. The Hall–Kier alpha value is -1.68. The Morgan fingerprint density at radius 3 is 2.44 bits per heavy atom. The quantitative estimate of drug-likeness (QED) is 0.610. The number of aryl methyl sites for hydroxylation is 2. The van der Waals surface area contributed by atoms with Gasteiger partial charge in [-0.15, -0.1) is 5.06 Å². The minimum absolute atomic E-state index is 0.205. The van der Waals surface area contributed by atoms with Gasteiger partial charge < -0.3 is 0 Å². The second-order valence-corrected chi connectivity index (χ2v) is 3.96. The number of rotatable bonds is 2. The first-order valence-electron chi connectivity index (χ1n) is 5.28. The molecule has 0 saturated carbocycles. The number of hydrogen-bond acceptors (Lipinski definition) is 3. The number of benzene rings is 1. The Bertz CT molecular complexity index is 479. The number of carbonyl (C=O) groups excluding carboxylic acids is 2. The SMILES string of the molecule is CCCc1ccc(C)c2c1C(=O)N(O)C2=O. The van der Waals surface area contributed by atoms with E-state index in [1.165, 1.54) is 0 Å². The smallest absolute Gasteiger partial charge is 0.278 e. The number of nitrogens with zero attached hydrogens (tertiary/aromatic N) is 1. The molecular weight excluding hydrogens is 206 g/mol. The van der Waals surface area contributed by atoms with Crippen LogP contribution in [0.15, 0.2) is 12.1 Å². The van der Waals surface area contributed by atoms with Crippen molar-refractivity contribution in [2.24, 2.45) is 0 Å². The van der Waals surface area contributed by atoms with Gasteiger partial charge in [0.25, 0.3) is 11.8 Å². The summed E-state index contributed by atoms with van der Waals surface area (Å²) in [6, 6.07) is 3.66. The first-order chi connectivity index (χ1) is 7.57. The van der Waals surface area contributed by atoms with Crippen LogP contribution in [0.1, 0.15) is 45.2 Å². The minimum Gasteiger partial charge on any atom is -0.278 e. The highest BCUT2D eigenvalue weighted by atomic mass is 16.5. The molecule has 1 aromatic carbocycles. The normalized spacial score (nSPS) is 14.6. The summed E-state index contributed by atoms with van der Waals surface area (Å²) in [7, 11) is 0. The molecular formula is C12H13NO3. The molecule has 4 heteroatoms. The van der Waals surface area contributed by atoms with Crippen LogP contribution in [0.5, 0.6) is 0 Å². The van der Waals surface area contributed by atoms with Crippen LogP contribution in [-0.2, 0) is 6.42 Å². The van der Waals surface area contributed by atoms with E-state index < -0.39 is 11.8 Å². The van der Waals surface area contributed by atoms with Gasteiger partial charge in [0.15, 0.2) is 0 Å². The Balaban J connectivity index is 2.67. The maximum Gasteiger partial charge on any atom is 0.285 e. The minimum atomic E-state index is -0.615. The van der Waals surface area contributed by atoms with Gasteiger partial charge in [0.05, 0.1) is 11.1 Å². The lowest BCUT2D eigenvalue weighted by Gasteiger charge is -2.06. The van der Waals surface area contributed by atoms with Crippen molar-refractivity contribution >= 4 is 11.8 Å². The fourth-order valence-electron chi connectivity index (χ4n) is 2.05. The van der Waals surface area contributed by atoms with Crippen LogP contribution in [0.2, 0.25) is 0 Å². The molecule has 1 heterocycles. The highest BCUT2D eigenvalue weighted by Gasteiger charge is 2.37. The average molecular weight is 219 g/mol. The molecule has 0 saturated heterocycles. The number of imide groups is 1. The highest BCUT2D eigenvalue weighted by molar-refractivity contribution is 6.21. The van der Waals surface area contributed by atoms with Gasteiger partial charge in [-0.1, -0.05) is 25.5 Å². The van der Waals surface area contributed by atoms with E-state index in [1.54, 1.807) is 6.92 Å². The number of amides is 2. The van der Waals surface area contributed by atoms with E-state index in [0.717, 1.165) is 24.0 Å². The average Bonchev–Trinajstić information content (AvgIpc) is 2.49. The van der Waals surface area contributed by atoms with E-state index in [-0.39, 0.29) is 5.06 Å². The third kappa shape index (κ3) is 1.34. The molecule has 0 aliphatic carbocycles. The summed E-state index contributed by atoms with van der Waals surface area (Å²) in [5, 5.41) is 9.54. The van der Waals surface area contributed by atoms with Crippen molar-refractivity contribution in [2.45, 2.75) is 26.7 Å². The van der Waals surface area contributed by atoms with E-state index >= 15 is 0 Å². The lowest BCUT2D eigenvalue weighted by atomic mass is 9.96. The molecule has 1 aliphatic rings. The molecule has 1 aromatic rings. The van der Waals surface area contributed by atoms with Crippen LogP contribution >= 0.6 is 0 Å². The Morgan fingerprint density at radius 1 is 1.19 bits per heavy atom. The van der Waals surface area contributed by atoms with Gasteiger partial charge in [-0.2, -0.15) is 0 Å². The van der Waals surface area contributed by atoms with Crippen molar-refractivity contribution in [3.05, 3.63) is 34.4 Å². The Morgan fingerprint density at radius 2 is 1.81 bits per heavy atom. The molecule has 0 aromatic heterocycles. The van der Waals surface area contributed by atoms with Crippen molar-refractivity contribution in [3.8, 4) is 0 Å². The first kappa shape index (κ1) is 10.8. The van der Waals surface area contributed by atoms with Crippen LogP contribution in [0, 0.1) is 6.92 Å². The molecule has 0 radical (unpaired) electrons. The Labute approximate surface area is 93.4 Å². The molecule has 0 unspecified atom stereocenters. The van der Waals surface area contributed by atoms with Crippen LogP contribution in [0.3, 0.4) is 0 Å².